The van der Waals surface area contributed by atoms with Gasteiger partial charge in [0.05, 0.1) is 38.9 Å². The van der Waals surface area contributed by atoms with Gasteiger partial charge in [0.25, 0.3) is 5.69 Å². The molecule has 1 saturated heterocycles. The number of aromatic nitrogens is 1. The van der Waals surface area contributed by atoms with Gasteiger partial charge in [-0.25, -0.2) is 4.79 Å². The maximum atomic E-state index is 13.2. The fraction of sp³-hybridized carbons (Fsp3) is 0.360. The molecule has 0 saturated carbocycles. The van der Waals surface area contributed by atoms with Crippen molar-refractivity contribution in [2.24, 2.45) is 0 Å². The number of nitrogens with zero attached hydrogens (tertiary/aromatic N) is 3. The smallest absolute Gasteiger partial charge is 0.322 e. The Labute approximate surface area is 213 Å². The summed E-state index contributed by atoms with van der Waals surface area (Å²) in [5.41, 5.74) is 1.57. The second-order valence-corrected chi connectivity index (χ2v) is 8.35. The third-order valence-electron chi connectivity index (χ3n) is 5.93. The molecule has 12 heteroatoms. The first-order valence-corrected chi connectivity index (χ1v) is 11.6. The summed E-state index contributed by atoms with van der Waals surface area (Å²) >= 11 is 0. The van der Waals surface area contributed by atoms with Crippen LogP contribution < -0.4 is 19.5 Å². The minimum atomic E-state index is -0.495. The number of carbonyl (C=O) groups is 1. The molecule has 0 aliphatic carbocycles. The predicted octanol–water partition coefficient (Wildman–Crippen LogP) is 4.49. The van der Waals surface area contributed by atoms with Crippen molar-refractivity contribution in [2.75, 3.05) is 39.8 Å². The summed E-state index contributed by atoms with van der Waals surface area (Å²) in [6, 6.07) is 10.5. The van der Waals surface area contributed by atoms with E-state index in [1.165, 1.54) is 45.6 Å². The number of hydrogen-bond acceptors (Lipinski definition) is 9. The van der Waals surface area contributed by atoms with Crippen molar-refractivity contribution in [1.29, 1.82) is 0 Å². The largest absolute Gasteiger partial charge is 0.493 e. The van der Waals surface area contributed by atoms with Crippen LogP contribution in [-0.4, -0.2) is 61.6 Å². The molecule has 4 rings (SSSR count). The van der Waals surface area contributed by atoms with Gasteiger partial charge in [0.15, 0.2) is 17.3 Å². The van der Waals surface area contributed by atoms with E-state index < -0.39 is 4.92 Å². The van der Waals surface area contributed by atoms with Gasteiger partial charge in [-0.1, -0.05) is 5.16 Å². The van der Waals surface area contributed by atoms with E-state index in [2.05, 4.69) is 10.5 Å². The molecular weight excluding hydrogens is 484 g/mol. The lowest BCUT2D eigenvalue weighted by Gasteiger charge is -2.25. The highest BCUT2D eigenvalue weighted by atomic mass is 16.6. The van der Waals surface area contributed by atoms with E-state index >= 15 is 0 Å². The molecule has 12 nitrogen and oxygen atoms in total. The SMILES string of the molecule is COc1cc(-c2cc(CN(C[C@@H]3CCCO3)C(=O)Nc3ccc([N+](=O)[O-])cc3)no2)cc(OC)c1OC. The molecule has 1 aromatic heterocycles. The molecule has 3 aromatic rings. The molecule has 0 bridgehead atoms. The van der Waals surface area contributed by atoms with E-state index in [1.54, 1.807) is 23.1 Å². The average Bonchev–Trinajstić information content (AvgIpc) is 3.60. The van der Waals surface area contributed by atoms with Crippen molar-refractivity contribution >= 4 is 17.4 Å². The van der Waals surface area contributed by atoms with Crippen LogP contribution in [0, 0.1) is 10.1 Å². The van der Waals surface area contributed by atoms with Crippen LogP contribution in [0.1, 0.15) is 18.5 Å². The van der Waals surface area contributed by atoms with Crippen LogP contribution in [0.3, 0.4) is 0 Å². The maximum Gasteiger partial charge on any atom is 0.322 e. The Morgan fingerprint density at radius 2 is 1.84 bits per heavy atom. The standard InChI is InChI=1S/C25H28N4O8/c1-33-22-11-16(12-23(34-2)24(22)35-3)21-13-18(27-37-21)14-28(15-20-5-4-10-36-20)25(30)26-17-6-8-19(9-7-17)29(31)32/h6-9,11-13,20H,4-5,10,14-15H2,1-3H3,(H,26,30)/t20-/m0/s1. The number of nitrogens with one attached hydrogen (secondary N) is 1. The number of nitro groups is 1. The zero-order valence-electron chi connectivity index (χ0n) is 20.8. The summed E-state index contributed by atoms with van der Waals surface area (Å²) < 4.78 is 27.5. The van der Waals surface area contributed by atoms with Gasteiger partial charge in [0.2, 0.25) is 5.75 Å². The lowest BCUT2D eigenvalue weighted by atomic mass is 10.1. The average molecular weight is 513 g/mol. The van der Waals surface area contributed by atoms with Crippen LogP contribution in [0.15, 0.2) is 47.0 Å². The lowest BCUT2D eigenvalue weighted by Crippen LogP contribution is -2.39. The first-order chi connectivity index (χ1) is 17.9. The molecule has 1 aliphatic heterocycles. The van der Waals surface area contributed by atoms with Gasteiger partial charge in [-0.15, -0.1) is 0 Å². The molecule has 196 valence electrons. The number of nitro benzene ring substituents is 1. The number of anilines is 1. The molecule has 0 unspecified atom stereocenters. The molecule has 1 aliphatic rings. The Morgan fingerprint density at radius 1 is 1.14 bits per heavy atom. The number of ether oxygens (including phenoxy) is 4. The highest BCUT2D eigenvalue weighted by Gasteiger charge is 2.25. The predicted molar refractivity (Wildman–Crippen MR) is 133 cm³/mol. The Balaban J connectivity index is 1.53. The number of non-ortho nitro benzene ring substituents is 1. The van der Waals surface area contributed by atoms with E-state index in [0.29, 0.717) is 53.1 Å². The monoisotopic (exact) mass is 512 g/mol. The molecule has 2 aromatic carbocycles. The van der Waals surface area contributed by atoms with Gasteiger partial charge in [0.1, 0.15) is 5.69 Å². The van der Waals surface area contributed by atoms with Crippen molar-refractivity contribution in [3.63, 3.8) is 0 Å². The van der Waals surface area contributed by atoms with E-state index in [4.69, 9.17) is 23.5 Å². The van der Waals surface area contributed by atoms with Gasteiger partial charge in [-0.3, -0.25) is 10.1 Å². The Bertz CT molecular complexity index is 1210. The molecule has 0 radical (unpaired) electrons. The minimum absolute atomic E-state index is 0.0591. The van der Waals surface area contributed by atoms with Crippen LogP contribution in [0.4, 0.5) is 16.2 Å². The number of amides is 2. The van der Waals surface area contributed by atoms with Crippen molar-refractivity contribution < 1.29 is 33.2 Å². The number of hydrogen-bond donors (Lipinski definition) is 1. The fourth-order valence-electron chi connectivity index (χ4n) is 4.06. The molecule has 0 spiro atoms. The summed E-state index contributed by atoms with van der Waals surface area (Å²) in [5.74, 6) is 1.86. The van der Waals surface area contributed by atoms with Crippen molar-refractivity contribution in [1.82, 2.24) is 10.1 Å². The van der Waals surface area contributed by atoms with Crippen molar-refractivity contribution in [3.8, 4) is 28.6 Å². The molecular formula is C25H28N4O8. The molecule has 1 fully saturated rings. The van der Waals surface area contributed by atoms with Crippen LogP contribution >= 0.6 is 0 Å². The zero-order chi connectivity index (χ0) is 26.4. The summed E-state index contributed by atoms with van der Waals surface area (Å²) in [4.78, 5) is 25.1. The van der Waals surface area contributed by atoms with Crippen molar-refractivity contribution in [2.45, 2.75) is 25.5 Å². The normalized spacial score (nSPS) is 14.7. The summed E-state index contributed by atoms with van der Waals surface area (Å²) in [6.45, 7) is 1.16. The number of urea groups is 1. The molecule has 1 N–H and O–H groups in total. The van der Waals surface area contributed by atoms with Gasteiger partial charge in [0, 0.05) is 42.6 Å². The highest BCUT2D eigenvalue weighted by molar-refractivity contribution is 5.89. The van der Waals surface area contributed by atoms with Crippen LogP contribution in [0.25, 0.3) is 11.3 Å². The van der Waals surface area contributed by atoms with Gasteiger partial charge >= 0.3 is 6.03 Å². The third-order valence-corrected chi connectivity index (χ3v) is 5.93. The van der Waals surface area contributed by atoms with E-state index in [9.17, 15) is 14.9 Å². The van der Waals surface area contributed by atoms with E-state index in [1.807, 2.05) is 0 Å². The van der Waals surface area contributed by atoms with Crippen LogP contribution in [0.2, 0.25) is 0 Å². The topological polar surface area (TPSA) is 138 Å². The maximum absolute atomic E-state index is 13.2. The lowest BCUT2D eigenvalue weighted by molar-refractivity contribution is -0.384. The highest BCUT2D eigenvalue weighted by Crippen LogP contribution is 2.41. The van der Waals surface area contributed by atoms with E-state index in [-0.39, 0.29) is 24.4 Å². The summed E-state index contributed by atoms with van der Waals surface area (Å²) in [5, 5.41) is 17.9. The number of benzene rings is 2. The van der Waals surface area contributed by atoms with Crippen molar-refractivity contribution in [3.05, 3.63) is 58.3 Å². The Hall–Kier alpha value is -4.32. The summed E-state index contributed by atoms with van der Waals surface area (Å²) in [7, 11) is 4.58. The molecule has 1 atom stereocenters. The van der Waals surface area contributed by atoms with Gasteiger partial charge < -0.3 is 33.7 Å². The number of carbonyl (C=O) groups excluding carboxylic acids is 1. The van der Waals surface area contributed by atoms with Crippen LogP contribution in [-0.2, 0) is 11.3 Å². The number of rotatable bonds is 10. The second kappa shape index (κ2) is 11.6. The Morgan fingerprint density at radius 3 is 2.41 bits per heavy atom. The fourth-order valence-corrected chi connectivity index (χ4v) is 4.06. The quantitative estimate of drug-likeness (QED) is 0.307. The first-order valence-electron chi connectivity index (χ1n) is 11.6. The molecule has 2 heterocycles. The van der Waals surface area contributed by atoms with Gasteiger partial charge in [-0.05, 0) is 37.1 Å². The van der Waals surface area contributed by atoms with E-state index in [0.717, 1.165) is 12.8 Å². The first kappa shape index (κ1) is 25.8. The zero-order valence-corrected chi connectivity index (χ0v) is 20.8. The Kier molecular flexibility index (Phi) is 8.08. The molecule has 2 amide bonds. The van der Waals surface area contributed by atoms with Gasteiger partial charge in [-0.2, -0.15) is 0 Å². The summed E-state index contributed by atoms with van der Waals surface area (Å²) in [6.07, 6.45) is 1.68. The number of methoxy groups -OCH3 is 3. The molecule has 37 heavy (non-hydrogen) atoms. The third kappa shape index (κ3) is 6.09. The minimum Gasteiger partial charge on any atom is -0.493 e. The second-order valence-electron chi connectivity index (χ2n) is 8.35. The van der Waals surface area contributed by atoms with Crippen LogP contribution in [0.5, 0.6) is 17.2 Å².